The van der Waals surface area contributed by atoms with Gasteiger partial charge < -0.3 is 24.6 Å². The van der Waals surface area contributed by atoms with Crippen LogP contribution in [0.1, 0.15) is 25.7 Å². The van der Waals surface area contributed by atoms with Crippen molar-refractivity contribution in [3.05, 3.63) is 30.1 Å². The zero-order valence-electron chi connectivity index (χ0n) is 17.5. The molecule has 1 heterocycles. The standard InChI is InChI=1S/C21H35FN4O2/c1-23-21(26-14-10-18(11-15-26)28-17-7-16-27-3)24-12-6-13-25(2)20-9-5-4-8-19(20)22/h4-5,8-9,18H,6-7,10-17H2,1-3H3,(H,23,24). The Morgan fingerprint density at radius 3 is 2.68 bits per heavy atom. The zero-order chi connectivity index (χ0) is 20.2. The minimum absolute atomic E-state index is 0.180. The van der Waals surface area contributed by atoms with Crippen LogP contribution in [0.3, 0.4) is 0 Å². The fourth-order valence-electron chi connectivity index (χ4n) is 3.42. The SMILES string of the molecule is CN=C(NCCCN(C)c1ccccc1F)N1CCC(OCCCOC)CC1. The average molecular weight is 395 g/mol. The van der Waals surface area contributed by atoms with Gasteiger partial charge in [0, 0.05) is 60.6 Å². The molecule has 0 spiro atoms. The minimum atomic E-state index is -0.180. The molecule has 1 aromatic carbocycles. The number of para-hydroxylation sites is 1. The Labute approximate surface area is 168 Å². The molecule has 0 aromatic heterocycles. The minimum Gasteiger partial charge on any atom is -0.385 e. The van der Waals surface area contributed by atoms with E-state index in [1.807, 2.05) is 31.1 Å². The van der Waals surface area contributed by atoms with Gasteiger partial charge in [0.2, 0.25) is 0 Å². The van der Waals surface area contributed by atoms with Crippen molar-refractivity contribution in [2.75, 3.05) is 65.5 Å². The van der Waals surface area contributed by atoms with Crippen molar-refractivity contribution in [2.45, 2.75) is 31.8 Å². The molecule has 158 valence electrons. The molecule has 0 atom stereocenters. The molecule has 1 saturated heterocycles. The van der Waals surface area contributed by atoms with E-state index in [1.54, 1.807) is 13.2 Å². The second-order valence-electron chi connectivity index (χ2n) is 7.10. The Morgan fingerprint density at radius 2 is 2.00 bits per heavy atom. The van der Waals surface area contributed by atoms with Crippen molar-refractivity contribution in [1.29, 1.82) is 0 Å². The second-order valence-corrected chi connectivity index (χ2v) is 7.10. The lowest BCUT2D eigenvalue weighted by atomic mass is 10.1. The average Bonchev–Trinajstić information content (AvgIpc) is 2.72. The van der Waals surface area contributed by atoms with Crippen molar-refractivity contribution in [3.63, 3.8) is 0 Å². The molecule has 1 aliphatic heterocycles. The van der Waals surface area contributed by atoms with E-state index in [-0.39, 0.29) is 5.82 Å². The van der Waals surface area contributed by atoms with Crippen LogP contribution >= 0.6 is 0 Å². The van der Waals surface area contributed by atoms with Crippen LogP contribution in [0.4, 0.5) is 10.1 Å². The first-order valence-corrected chi connectivity index (χ1v) is 10.2. The van der Waals surface area contributed by atoms with Gasteiger partial charge in [0.05, 0.1) is 11.8 Å². The van der Waals surface area contributed by atoms with E-state index in [0.717, 1.165) is 71.0 Å². The van der Waals surface area contributed by atoms with Crippen molar-refractivity contribution in [1.82, 2.24) is 10.2 Å². The number of aliphatic imine (C=N–C) groups is 1. The molecule has 0 aliphatic carbocycles. The summed E-state index contributed by atoms with van der Waals surface area (Å²) in [7, 11) is 5.46. The topological polar surface area (TPSA) is 49.3 Å². The van der Waals surface area contributed by atoms with Crippen LogP contribution in [0, 0.1) is 5.82 Å². The Morgan fingerprint density at radius 1 is 1.25 bits per heavy atom. The highest BCUT2D eigenvalue weighted by Crippen LogP contribution is 2.17. The van der Waals surface area contributed by atoms with Crippen LogP contribution in [-0.2, 0) is 9.47 Å². The maximum Gasteiger partial charge on any atom is 0.193 e. The molecular formula is C21H35FN4O2. The number of benzene rings is 1. The molecule has 0 bridgehead atoms. The van der Waals surface area contributed by atoms with Crippen LogP contribution < -0.4 is 10.2 Å². The molecule has 0 saturated carbocycles. The number of halogens is 1. The predicted molar refractivity (Wildman–Crippen MR) is 113 cm³/mol. The van der Waals surface area contributed by atoms with Crippen LogP contribution in [0.5, 0.6) is 0 Å². The third kappa shape index (κ3) is 7.28. The number of anilines is 1. The highest BCUT2D eigenvalue weighted by molar-refractivity contribution is 5.79. The van der Waals surface area contributed by atoms with Crippen LogP contribution in [0.15, 0.2) is 29.3 Å². The van der Waals surface area contributed by atoms with Gasteiger partial charge in [0.15, 0.2) is 5.96 Å². The number of nitrogens with one attached hydrogen (secondary N) is 1. The molecule has 6 nitrogen and oxygen atoms in total. The summed E-state index contributed by atoms with van der Waals surface area (Å²) in [5.41, 5.74) is 0.638. The lowest BCUT2D eigenvalue weighted by molar-refractivity contribution is 0.00991. The third-order valence-corrected chi connectivity index (χ3v) is 5.02. The van der Waals surface area contributed by atoms with Crippen LogP contribution in [0.25, 0.3) is 0 Å². The summed E-state index contributed by atoms with van der Waals surface area (Å²) in [6, 6.07) is 6.88. The first-order valence-electron chi connectivity index (χ1n) is 10.2. The van der Waals surface area contributed by atoms with E-state index in [2.05, 4.69) is 15.2 Å². The normalized spacial score (nSPS) is 15.7. The van der Waals surface area contributed by atoms with Crippen LogP contribution in [0.2, 0.25) is 0 Å². The molecule has 1 fully saturated rings. The number of guanidine groups is 1. The van der Waals surface area contributed by atoms with E-state index in [9.17, 15) is 4.39 Å². The third-order valence-electron chi connectivity index (χ3n) is 5.02. The Bertz CT molecular complexity index is 592. The zero-order valence-corrected chi connectivity index (χ0v) is 17.5. The van der Waals surface area contributed by atoms with Gasteiger partial charge in [-0.2, -0.15) is 0 Å². The number of rotatable bonds is 10. The highest BCUT2D eigenvalue weighted by atomic mass is 19.1. The highest BCUT2D eigenvalue weighted by Gasteiger charge is 2.21. The quantitative estimate of drug-likeness (QED) is 0.376. The lowest BCUT2D eigenvalue weighted by Gasteiger charge is -2.34. The molecule has 0 amide bonds. The van der Waals surface area contributed by atoms with Gasteiger partial charge in [-0.3, -0.25) is 4.99 Å². The van der Waals surface area contributed by atoms with E-state index < -0.39 is 0 Å². The molecule has 7 heteroatoms. The molecular weight excluding hydrogens is 359 g/mol. The smallest absolute Gasteiger partial charge is 0.193 e. The van der Waals surface area contributed by atoms with E-state index in [0.29, 0.717) is 11.8 Å². The molecule has 2 rings (SSSR count). The number of likely N-dealkylation sites (tertiary alicyclic amines) is 1. The molecule has 1 aliphatic rings. The van der Waals surface area contributed by atoms with Crippen molar-refractivity contribution in [3.8, 4) is 0 Å². The number of hydrogen-bond donors (Lipinski definition) is 1. The number of hydrogen-bond acceptors (Lipinski definition) is 4. The first kappa shape index (κ1) is 22.4. The maximum atomic E-state index is 13.8. The molecule has 28 heavy (non-hydrogen) atoms. The molecule has 0 unspecified atom stereocenters. The maximum absolute atomic E-state index is 13.8. The van der Waals surface area contributed by atoms with Gasteiger partial charge in [0.25, 0.3) is 0 Å². The summed E-state index contributed by atoms with van der Waals surface area (Å²) in [6.45, 7) is 5.00. The summed E-state index contributed by atoms with van der Waals surface area (Å²) in [5, 5.41) is 3.43. The largest absolute Gasteiger partial charge is 0.385 e. The molecule has 1 N–H and O–H groups in total. The van der Waals surface area contributed by atoms with Gasteiger partial charge in [-0.1, -0.05) is 12.1 Å². The lowest BCUT2D eigenvalue weighted by Crippen LogP contribution is -2.47. The number of ether oxygens (including phenoxy) is 2. The van der Waals surface area contributed by atoms with Crippen LogP contribution in [-0.4, -0.2) is 77.6 Å². The van der Waals surface area contributed by atoms with Crippen molar-refractivity contribution < 1.29 is 13.9 Å². The van der Waals surface area contributed by atoms with Gasteiger partial charge in [-0.05, 0) is 37.8 Å². The summed E-state index contributed by atoms with van der Waals surface area (Å²) in [5.74, 6) is 0.757. The number of piperidine rings is 1. The van der Waals surface area contributed by atoms with Gasteiger partial charge >= 0.3 is 0 Å². The molecule has 1 aromatic rings. The van der Waals surface area contributed by atoms with E-state index in [4.69, 9.17) is 9.47 Å². The fraction of sp³-hybridized carbons (Fsp3) is 0.667. The van der Waals surface area contributed by atoms with E-state index >= 15 is 0 Å². The first-order chi connectivity index (χ1) is 13.7. The predicted octanol–water partition coefficient (Wildman–Crippen LogP) is 2.74. The Hall–Kier alpha value is -1.86. The number of methoxy groups -OCH3 is 1. The van der Waals surface area contributed by atoms with Crippen molar-refractivity contribution >= 4 is 11.6 Å². The second kappa shape index (κ2) is 12.6. The van der Waals surface area contributed by atoms with E-state index in [1.165, 1.54) is 6.07 Å². The van der Waals surface area contributed by atoms with Crippen molar-refractivity contribution in [2.24, 2.45) is 4.99 Å². The van der Waals surface area contributed by atoms with Gasteiger partial charge in [0.1, 0.15) is 5.82 Å². The monoisotopic (exact) mass is 394 g/mol. The number of nitrogens with zero attached hydrogens (tertiary/aromatic N) is 3. The summed E-state index contributed by atoms with van der Waals surface area (Å²) in [4.78, 5) is 8.65. The molecule has 0 radical (unpaired) electrons. The fourth-order valence-corrected chi connectivity index (χ4v) is 3.42. The Kier molecular flexibility index (Phi) is 10.1. The summed E-state index contributed by atoms with van der Waals surface area (Å²) < 4.78 is 24.8. The van der Waals surface area contributed by atoms with Gasteiger partial charge in [-0.25, -0.2) is 4.39 Å². The Balaban J connectivity index is 1.64. The summed E-state index contributed by atoms with van der Waals surface area (Å²) >= 11 is 0. The van der Waals surface area contributed by atoms with Gasteiger partial charge in [-0.15, -0.1) is 0 Å². The summed E-state index contributed by atoms with van der Waals surface area (Å²) in [6.07, 6.45) is 4.22.